The zero-order valence-corrected chi connectivity index (χ0v) is 15.5. The van der Waals surface area contributed by atoms with Gasteiger partial charge in [0.2, 0.25) is 17.7 Å². The molecule has 7 nitrogen and oxygen atoms in total. The van der Waals surface area contributed by atoms with Crippen molar-refractivity contribution in [3.8, 4) is 0 Å². The lowest BCUT2D eigenvalue weighted by Crippen LogP contribution is -2.37. The highest BCUT2D eigenvalue weighted by Crippen LogP contribution is 2.24. The van der Waals surface area contributed by atoms with Gasteiger partial charge in [0.1, 0.15) is 0 Å². The van der Waals surface area contributed by atoms with Crippen molar-refractivity contribution in [2.45, 2.75) is 13.3 Å². The number of benzene rings is 2. The zero-order valence-electron chi connectivity index (χ0n) is 15.5. The van der Waals surface area contributed by atoms with Crippen LogP contribution in [0.3, 0.4) is 0 Å². The predicted molar refractivity (Wildman–Crippen MR) is 105 cm³/mol. The summed E-state index contributed by atoms with van der Waals surface area (Å²) >= 11 is 0. The van der Waals surface area contributed by atoms with Gasteiger partial charge in [-0.15, -0.1) is 0 Å². The van der Waals surface area contributed by atoms with E-state index >= 15 is 0 Å². The monoisotopic (exact) mass is 379 g/mol. The number of para-hydroxylation sites is 1. The summed E-state index contributed by atoms with van der Waals surface area (Å²) in [5.74, 6) is -1.36. The van der Waals surface area contributed by atoms with Gasteiger partial charge in [-0.2, -0.15) is 0 Å². The van der Waals surface area contributed by atoms with E-state index in [1.54, 1.807) is 29.2 Å². The summed E-state index contributed by atoms with van der Waals surface area (Å²) in [6, 6.07) is 15.7. The lowest BCUT2D eigenvalue weighted by Gasteiger charge is -2.16. The third-order valence-corrected chi connectivity index (χ3v) is 4.56. The molecule has 0 bridgehead atoms. The Morgan fingerprint density at radius 3 is 2.36 bits per heavy atom. The Morgan fingerprint density at radius 2 is 1.71 bits per heavy atom. The number of anilines is 2. The second-order valence-corrected chi connectivity index (χ2v) is 6.64. The topological polar surface area (TPSA) is 95.6 Å². The third-order valence-electron chi connectivity index (χ3n) is 4.56. The van der Waals surface area contributed by atoms with Gasteiger partial charge in [0.15, 0.2) is 5.78 Å². The van der Waals surface area contributed by atoms with E-state index in [1.807, 2.05) is 30.3 Å². The third kappa shape index (κ3) is 4.62. The molecule has 1 saturated heterocycles. The SMILES string of the molecule is CC(=O)c1ccc(NC(=O)CNC(=O)C2CC(=O)N(c3ccccc3)C2)cc1. The van der Waals surface area contributed by atoms with Gasteiger partial charge in [0.05, 0.1) is 12.5 Å². The number of rotatable bonds is 6. The van der Waals surface area contributed by atoms with Crippen molar-refractivity contribution in [3.63, 3.8) is 0 Å². The van der Waals surface area contributed by atoms with E-state index in [-0.39, 0.29) is 36.5 Å². The summed E-state index contributed by atoms with van der Waals surface area (Å²) in [4.78, 5) is 49.4. The maximum Gasteiger partial charge on any atom is 0.243 e. The molecule has 1 fully saturated rings. The van der Waals surface area contributed by atoms with Crippen LogP contribution < -0.4 is 15.5 Å². The van der Waals surface area contributed by atoms with E-state index in [4.69, 9.17) is 0 Å². The molecule has 28 heavy (non-hydrogen) atoms. The first-order valence-electron chi connectivity index (χ1n) is 8.98. The molecule has 2 aromatic carbocycles. The molecule has 3 amide bonds. The minimum atomic E-state index is -0.490. The highest BCUT2D eigenvalue weighted by Gasteiger charge is 2.35. The van der Waals surface area contributed by atoms with Crippen molar-refractivity contribution in [2.24, 2.45) is 5.92 Å². The Kier molecular flexibility index (Phi) is 5.84. The molecule has 1 unspecified atom stereocenters. The van der Waals surface area contributed by atoms with E-state index in [1.165, 1.54) is 6.92 Å². The van der Waals surface area contributed by atoms with Crippen LogP contribution in [-0.2, 0) is 14.4 Å². The number of amides is 3. The molecule has 1 aliphatic rings. The van der Waals surface area contributed by atoms with Crippen molar-refractivity contribution in [1.29, 1.82) is 0 Å². The van der Waals surface area contributed by atoms with Crippen LogP contribution in [0.1, 0.15) is 23.7 Å². The molecule has 2 aromatic rings. The number of ketones is 1. The average Bonchev–Trinajstić information content (AvgIpc) is 3.09. The van der Waals surface area contributed by atoms with Crippen LogP contribution in [0.5, 0.6) is 0 Å². The number of hydrogen-bond acceptors (Lipinski definition) is 4. The van der Waals surface area contributed by atoms with Crippen LogP contribution in [0, 0.1) is 5.92 Å². The fraction of sp³-hybridized carbons (Fsp3) is 0.238. The molecular weight excluding hydrogens is 358 g/mol. The first kappa shape index (κ1) is 19.3. The summed E-state index contributed by atoms with van der Waals surface area (Å²) in [6.45, 7) is 1.57. The second kappa shape index (κ2) is 8.47. The lowest BCUT2D eigenvalue weighted by molar-refractivity contribution is -0.127. The standard InChI is InChI=1S/C21H21N3O4/c1-14(25)15-7-9-17(10-8-15)23-19(26)12-22-21(28)16-11-20(27)24(13-16)18-5-3-2-4-6-18/h2-10,16H,11-13H2,1H3,(H,22,28)(H,23,26). The fourth-order valence-electron chi connectivity index (χ4n) is 3.05. The van der Waals surface area contributed by atoms with Gasteiger partial charge in [-0.3, -0.25) is 19.2 Å². The molecule has 1 heterocycles. The van der Waals surface area contributed by atoms with Crippen molar-refractivity contribution in [3.05, 3.63) is 60.2 Å². The molecule has 0 aromatic heterocycles. The van der Waals surface area contributed by atoms with E-state index in [0.717, 1.165) is 5.69 Å². The number of carbonyl (C=O) groups excluding carboxylic acids is 4. The molecule has 0 spiro atoms. The number of nitrogens with zero attached hydrogens (tertiary/aromatic N) is 1. The Bertz CT molecular complexity index is 894. The average molecular weight is 379 g/mol. The van der Waals surface area contributed by atoms with E-state index in [0.29, 0.717) is 17.8 Å². The Balaban J connectivity index is 1.49. The minimum Gasteiger partial charge on any atom is -0.347 e. The summed E-state index contributed by atoms with van der Waals surface area (Å²) in [6.07, 6.45) is 0.120. The van der Waals surface area contributed by atoms with Crippen LogP contribution in [-0.4, -0.2) is 36.6 Å². The number of hydrogen-bond donors (Lipinski definition) is 2. The molecule has 144 valence electrons. The van der Waals surface area contributed by atoms with Gasteiger partial charge < -0.3 is 15.5 Å². The smallest absolute Gasteiger partial charge is 0.243 e. The zero-order chi connectivity index (χ0) is 20.1. The van der Waals surface area contributed by atoms with Crippen LogP contribution in [0.4, 0.5) is 11.4 Å². The summed E-state index contributed by atoms with van der Waals surface area (Å²) < 4.78 is 0. The van der Waals surface area contributed by atoms with Gasteiger partial charge in [-0.05, 0) is 43.3 Å². The van der Waals surface area contributed by atoms with Crippen molar-refractivity contribution < 1.29 is 19.2 Å². The molecule has 0 aliphatic carbocycles. The minimum absolute atomic E-state index is 0.0548. The van der Waals surface area contributed by atoms with Gasteiger partial charge >= 0.3 is 0 Å². The highest BCUT2D eigenvalue weighted by atomic mass is 16.2. The van der Waals surface area contributed by atoms with Gasteiger partial charge in [0.25, 0.3) is 0 Å². The quantitative estimate of drug-likeness (QED) is 0.751. The molecular formula is C21H21N3O4. The predicted octanol–water partition coefficient (Wildman–Crippen LogP) is 2.00. The van der Waals surface area contributed by atoms with Crippen LogP contribution in [0.15, 0.2) is 54.6 Å². The van der Waals surface area contributed by atoms with E-state index in [9.17, 15) is 19.2 Å². The van der Waals surface area contributed by atoms with Gasteiger partial charge in [0, 0.05) is 29.9 Å². The summed E-state index contributed by atoms with van der Waals surface area (Å²) in [5, 5.41) is 5.24. The first-order chi connectivity index (χ1) is 13.4. The Morgan fingerprint density at radius 1 is 1.04 bits per heavy atom. The van der Waals surface area contributed by atoms with Crippen molar-refractivity contribution >= 4 is 34.9 Å². The maximum atomic E-state index is 12.3. The Hall–Kier alpha value is -3.48. The van der Waals surface area contributed by atoms with Crippen molar-refractivity contribution in [1.82, 2.24) is 5.32 Å². The highest BCUT2D eigenvalue weighted by molar-refractivity contribution is 6.01. The first-order valence-corrected chi connectivity index (χ1v) is 8.98. The molecule has 2 N–H and O–H groups in total. The van der Waals surface area contributed by atoms with Crippen LogP contribution in [0.2, 0.25) is 0 Å². The normalized spacial score (nSPS) is 16.0. The number of carbonyl (C=O) groups is 4. The van der Waals surface area contributed by atoms with Gasteiger partial charge in [-0.1, -0.05) is 18.2 Å². The van der Waals surface area contributed by atoms with E-state index < -0.39 is 5.92 Å². The summed E-state index contributed by atoms with van der Waals surface area (Å²) in [7, 11) is 0. The largest absolute Gasteiger partial charge is 0.347 e. The van der Waals surface area contributed by atoms with Crippen LogP contribution >= 0.6 is 0 Å². The molecule has 1 atom stereocenters. The Labute approximate surface area is 162 Å². The van der Waals surface area contributed by atoms with E-state index in [2.05, 4.69) is 10.6 Å². The summed E-state index contributed by atoms with van der Waals surface area (Å²) in [5.41, 5.74) is 1.85. The molecule has 1 aliphatic heterocycles. The number of Topliss-reactive ketones (excluding diaryl/α,β-unsaturated/α-hetero) is 1. The van der Waals surface area contributed by atoms with Crippen LogP contribution in [0.25, 0.3) is 0 Å². The molecule has 0 saturated carbocycles. The van der Waals surface area contributed by atoms with Crippen molar-refractivity contribution in [2.75, 3.05) is 23.3 Å². The molecule has 3 rings (SSSR count). The maximum absolute atomic E-state index is 12.3. The number of nitrogens with one attached hydrogen (secondary N) is 2. The fourth-order valence-corrected chi connectivity index (χ4v) is 3.05. The van der Waals surface area contributed by atoms with Gasteiger partial charge in [-0.25, -0.2) is 0 Å². The lowest BCUT2D eigenvalue weighted by atomic mass is 10.1. The molecule has 0 radical (unpaired) electrons. The molecule has 7 heteroatoms. The second-order valence-electron chi connectivity index (χ2n) is 6.64.